The van der Waals surface area contributed by atoms with E-state index < -0.39 is 0 Å². The van der Waals surface area contributed by atoms with E-state index in [1.165, 1.54) is 20.0 Å². The van der Waals surface area contributed by atoms with Gasteiger partial charge in [-0.15, -0.1) is 0 Å². The van der Waals surface area contributed by atoms with Crippen LogP contribution in [0.25, 0.3) is 0 Å². The minimum atomic E-state index is -0.111. The Morgan fingerprint density at radius 3 is 2.62 bits per heavy atom. The summed E-state index contributed by atoms with van der Waals surface area (Å²) in [6.45, 7) is 7.46. The number of ether oxygens (including phenoxy) is 1. The van der Waals surface area contributed by atoms with Gasteiger partial charge in [-0.3, -0.25) is 9.69 Å². The molecule has 0 aromatic carbocycles. The molecule has 0 radical (unpaired) electrons. The maximum Gasteiger partial charge on any atom is 0.307 e. The maximum atomic E-state index is 11.3. The molecule has 1 aliphatic heterocycles. The maximum absolute atomic E-state index is 11.3. The fraction of sp³-hybridized carbons (Fsp3) is 0.917. The Labute approximate surface area is 98.3 Å². The SMILES string of the molecule is CCN(C(C)CC(=O)OC)C1CCNCC1. The van der Waals surface area contributed by atoms with Gasteiger partial charge in [-0.2, -0.15) is 0 Å². The van der Waals surface area contributed by atoms with Crippen molar-refractivity contribution in [2.45, 2.75) is 45.2 Å². The van der Waals surface area contributed by atoms with Crippen LogP contribution in [0.5, 0.6) is 0 Å². The van der Waals surface area contributed by atoms with Crippen LogP contribution in [0.2, 0.25) is 0 Å². The third-order valence-corrected chi connectivity index (χ3v) is 3.40. The van der Waals surface area contributed by atoms with Gasteiger partial charge in [0.1, 0.15) is 0 Å². The van der Waals surface area contributed by atoms with Crippen molar-refractivity contribution in [1.29, 1.82) is 0 Å². The zero-order valence-electron chi connectivity index (χ0n) is 10.7. The van der Waals surface area contributed by atoms with Crippen molar-refractivity contribution in [1.82, 2.24) is 10.2 Å². The van der Waals surface area contributed by atoms with Crippen LogP contribution < -0.4 is 5.32 Å². The largest absolute Gasteiger partial charge is 0.469 e. The molecule has 1 N–H and O–H groups in total. The van der Waals surface area contributed by atoms with Crippen molar-refractivity contribution >= 4 is 5.97 Å². The lowest BCUT2D eigenvalue weighted by Crippen LogP contribution is -2.47. The number of esters is 1. The van der Waals surface area contributed by atoms with Crippen LogP contribution >= 0.6 is 0 Å². The average Bonchev–Trinajstić information content (AvgIpc) is 2.31. The summed E-state index contributed by atoms with van der Waals surface area (Å²) in [4.78, 5) is 13.7. The summed E-state index contributed by atoms with van der Waals surface area (Å²) in [5, 5.41) is 3.37. The summed E-state index contributed by atoms with van der Waals surface area (Å²) in [5.41, 5.74) is 0. The van der Waals surface area contributed by atoms with E-state index in [-0.39, 0.29) is 12.0 Å². The van der Waals surface area contributed by atoms with Crippen molar-refractivity contribution in [3.8, 4) is 0 Å². The van der Waals surface area contributed by atoms with Gasteiger partial charge in [-0.1, -0.05) is 6.92 Å². The number of hydrogen-bond donors (Lipinski definition) is 1. The smallest absolute Gasteiger partial charge is 0.307 e. The molecule has 16 heavy (non-hydrogen) atoms. The molecular weight excluding hydrogens is 204 g/mol. The molecule has 0 aromatic rings. The molecule has 4 nitrogen and oxygen atoms in total. The summed E-state index contributed by atoms with van der Waals surface area (Å²) in [6, 6.07) is 0.895. The fourth-order valence-corrected chi connectivity index (χ4v) is 2.51. The Morgan fingerprint density at radius 1 is 1.50 bits per heavy atom. The predicted octanol–water partition coefficient (Wildman–Crippen LogP) is 1.01. The standard InChI is InChI=1S/C12H24N2O2/c1-4-14(10(2)9-12(15)16-3)11-5-7-13-8-6-11/h10-11,13H,4-9H2,1-3H3. The number of carbonyl (C=O) groups excluding carboxylic acids is 1. The molecule has 1 saturated heterocycles. The van der Waals surface area contributed by atoms with E-state index in [1.54, 1.807) is 0 Å². The minimum absolute atomic E-state index is 0.111. The van der Waals surface area contributed by atoms with E-state index in [0.717, 1.165) is 19.6 Å². The molecule has 1 unspecified atom stereocenters. The van der Waals surface area contributed by atoms with E-state index in [2.05, 4.69) is 24.1 Å². The third-order valence-electron chi connectivity index (χ3n) is 3.40. The highest BCUT2D eigenvalue weighted by molar-refractivity contribution is 5.69. The molecule has 1 rings (SSSR count). The van der Waals surface area contributed by atoms with Gasteiger partial charge in [-0.25, -0.2) is 0 Å². The second-order valence-electron chi connectivity index (χ2n) is 4.44. The normalized spacial score (nSPS) is 19.8. The third kappa shape index (κ3) is 3.76. The van der Waals surface area contributed by atoms with Crippen molar-refractivity contribution in [2.24, 2.45) is 0 Å². The van der Waals surface area contributed by atoms with Crippen molar-refractivity contribution in [2.75, 3.05) is 26.7 Å². The van der Waals surface area contributed by atoms with Gasteiger partial charge in [0.2, 0.25) is 0 Å². The van der Waals surface area contributed by atoms with Crippen LogP contribution in [0.3, 0.4) is 0 Å². The fourth-order valence-electron chi connectivity index (χ4n) is 2.51. The molecule has 0 aliphatic carbocycles. The van der Waals surface area contributed by atoms with Gasteiger partial charge in [0.15, 0.2) is 0 Å². The molecule has 0 aromatic heterocycles. The summed E-state index contributed by atoms with van der Waals surface area (Å²) >= 11 is 0. The first kappa shape index (κ1) is 13.5. The van der Waals surface area contributed by atoms with Crippen molar-refractivity contribution < 1.29 is 9.53 Å². The van der Waals surface area contributed by atoms with E-state index >= 15 is 0 Å². The topological polar surface area (TPSA) is 41.6 Å². The van der Waals surface area contributed by atoms with Crippen molar-refractivity contribution in [3.63, 3.8) is 0 Å². The highest BCUT2D eigenvalue weighted by Crippen LogP contribution is 2.16. The Morgan fingerprint density at radius 2 is 2.12 bits per heavy atom. The van der Waals surface area contributed by atoms with Crippen LogP contribution in [0.1, 0.15) is 33.1 Å². The van der Waals surface area contributed by atoms with Crippen LogP contribution in [-0.2, 0) is 9.53 Å². The van der Waals surface area contributed by atoms with Gasteiger partial charge in [0, 0.05) is 12.1 Å². The first-order valence-electron chi connectivity index (χ1n) is 6.22. The van der Waals surface area contributed by atoms with Gasteiger partial charge >= 0.3 is 5.97 Å². The lowest BCUT2D eigenvalue weighted by atomic mass is 10.0. The molecule has 1 aliphatic rings. The van der Waals surface area contributed by atoms with Gasteiger partial charge in [0.25, 0.3) is 0 Å². The molecule has 0 spiro atoms. The van der Waals surface area contributed by atoms with Crippen LogP contribution in [0, 0.1) is 0 Å². The molecule has 0 amide bonds. The second-order valence-corrected chi connectivity index (χ2v) is 4.44. The van der Waals surface area contributed by atoms with Gasteiger partial charge in [-0.05, 0) is 39.4 Å². The average molecular weight is 228 g/mol. The summed E-state index contributed by atoms with van der Waals surface area (Å²) in [6.07, 6.45) is 2.85. The minimum Gasteiger partial charge on any atom is -0.469 e. The second kappa shape index (κ2) is 6.86. The zero-order chi connectivity index (χ0) is 12.0. The number of piperidine rings is 1. The van der Waals surface area contributed by atoms with E-state index in [0.29, 0.717) is 12.5 Å². The first-order chi connectivity index (χ1) is 7.69. The van der Waals surface area contributed by atoms with E-state index in [1.807, 2.05) is 0 Å². The summed E-state index contributed by atoms with van der Waals surface area (Å²) in [7, 11) is 1.45. The molecule has 1 heterocycles. The number of methoxy groups -OCH3 is 1. The van der Waals surface area contributed by atoms with E-state index in [9.17, 15) is 4.79 Å². The highest BCUT2D eigenvalue weighted by Gasteiger charge is 2.25. The summed E-state index contributed by atoms with van der Waals surface area (Å²) < 4.78 is 4.72. The monoisotopic (exact) mass is 228 g/mol. The predicted molar refractivity (Wildman–Crippen MR) is 64.4 cm³/mol. The number of rotatable bonds is 5. The van der Waals surface area contributed by atoms with Crippen molar-refractivity contribution in [3.05, 3.63) is 0 Å². The molecule has 94 valence electrons. The van der Waals surface area contributed by atoms with Crippen LogP contribution in [0.15, 0.2) is 0 Å². The van der Waals surface area contributed by atoms with Gasteiger partial charge < -0.3 is 10.1 Å². The molecule has 0 saturated carbocycles. The Balaban J connectivity index is 2.47. The number of carbonyl (C=O) groups is 1. The van der Waals surface area contributed by atoms with Gasteiger partial charge in [0.05, 0.1) is 13.5 Å². The molecule has 0 bridgehead atoms. The summed E-state index contributed by atoms with van der Waals surface area (Å²) in [5.74, 6) is -0.111. The molecule has 4 heteroatoms. The highest BCUT2D eigenvalue weighted by atomic mass is 16.5. The molecular formula is C12H24N2O2. The number of hydrogen-bond acceptors (Lipinski definition) is 4. The Kier molecular flexibility index (Phi) is 5.77. The lowest BCUT2D eigenvalue weighted by Gasteiger charge is -2.37. The molecule has 1 fully saturated rings. The first-order valence-corrected chi connectivity index (χ1v) is 6.22. The molecule has 1 atom stereocenters. The quantitative estimate of drug-likeness (QED) is 0.713. The Bertz CT molecular complexity index is 215. The van der Waals surface area contributed by atoms with Crippen LogP contribution in [-0.4, -0.2) is 49.7 Å². The van der Waals surface area contributed by atoms with Crippen LogP contribution in [0.4, 0.5) is 0 Å². The lowest BCUT2D eigenvalue weighted by molar-refractivity contribution is -0.142. The Hall–Kier alpha value is -0.610. The number of nitrogens with zero attached hydrogens (tertiary/aromatic N) is 1. The number of nitrogens with one attached hydrogen (secondary N) is 1. The van der Waals surface area contributed by atoms with E-state index in [4.69, 9.17) is 4.74 Å². The zero-order valence-corrected chi connectivity index (χ0v) is 10.7.